The van der Waals surface area contributed by atoms with E-state index in [0.717, 1.165) is 18.9 Å². The summed E-state index contributed by atoms with van der Waals surface area (Å²) in [5.74, 6) is -3.19. The maximum Gasteiger partial charge on any atom is 0.341 e. The first-order chi connectivity index (χ1) is 13.3. The Balaban J connectivity index is 0.00000240. The number of methoxy groups -OCH3 is 1. The van der Waals surface area contributed by atoms with Crippen LogP contribution in [0.2, 0.25) is 0 Å². The lowest BCUT2D eigenvalue weighted by molar-refractivity contribution is 0.0168. The van der Waals surface area contributed by atoms with E-state index in [1.165, 1.54) is 22.8 Å². The van der Waals surface area contributed by atoms with Gasteiger partial charge in [-0.05, 0) is 25.3 Å². The summed E-state index contributed by atoms with van der Waals surface area (Å²) in [5, 5.41) is 9.03. The number of halogens is 3. The average molecular weight is 430 g/mol. The van der Waals surface area contributed by atoms with Crippen LogP contribution in [-0.2, 0) is 4.74 Å². The van der Waals surface area contributed by atoms with Crippen LogP contribution in [0, 0.1) is 11.6 Å². The number of benzene rings is 1. The number of hydrogen-bond donors (Lipinski definition) is 2. The zero-order valence-electron chi connectivity index (χ0n) is 15.8. The van der Waals surface area contributed by atoms with Crippen molar-refractivity contribution in [1.82, 2.24) is 4.57 Å². The van der Waals surface area contributed by atoms with Gasteiger partial charge in [-0.25, -0.2) is 13.6 Å². The second kappa shape index (κ2) is 7.55. The number of carboxylic acid groups (broad SMARTS) is 1. The predicted octanol–water partition coefficient (Wildman–Crippen LogP) is 2.29. The van der Waals surface area contributed by atoms with Gasteiger partial charge in [0.05, 0.1) is 16.5 Å². The first kappa shape index (κ1) is 21.5. The van der Waals surface area contributed by atoms with Gasteiger partial charge in [0.1, 0.15) is 17.1 Å². The Labute approximate surface area is 171 Å². The minimum atomic E-state index is -1.42. The molecule has 29 heavy (non-hydrogen) atoms. The highest BCUT2D eigenvalue weighted by Crippen LogP contribution is 2.40. The van der Waals surface area contributed by atoms with Crippen molar-refractivity contribution in [2.75, 3.05) is 31.6 Å². The molecule has 3 N–H and O–H groups in total. The van der Waals surface area contributed by atoms with Crippen LogP contribution in [0.3, 0.4) is 0 Å². The Bertz CT molecular complexity index is 1030. The lowest BCUT2D eigenvalue weighted by Crippen LogP contribution is -2.42. The number of fused-ring (bicyclic) bond motifs is 1. The molecule has 158 valence electrons. The van der Waals surface area contributed by atoms with Crippen molar-refractivity contribution in [3.8, 4) is 0 Å². The molecule has 2 heterocycles. The number of aromatic carboxylic acids is 1. The molecule has 1 atom stereocenters. The number of rotatable bonds is 5. The van der Waals surface area contributed by atoms with Gasteiger partial charge in [-0.1, -0.05) is 0 Å². The Morgan fingerprint density at radius 1 is 1.41 bits per heavy atom. The molecule has 1 aliphatic carbocycles. The number of hydrogen-bond acceptors (Lipinski definition) is 5. The van der Waals surface area contributed by atoms with E-state index in [9.17, 15) is 19.1 Å². The van der Waals surface area contributed by atoms with Gasteiger partial charge in [-0.3, -0.25) is 4.79 Å². The SMILES string of the molecule is COC1(CN)CCN(c2c(F)cc3c(=O)c(C(=O)O)cn(C4CC4)c3c2F)C1.Cl. The van der Waals surface area contributed by atoms with Gasteiger partial charge < -0.3 is 25.0 Å². The van der Waals surface area contributed by atoms with Crippen LogP contribution in [0.4, 0.5) is 14.5 Å². The second-order valence-corrected chi connectivity index (χ2v) is 7.50. The van der Waals surface area contributed by atoms with Crippen LogP contribution < -0.4 is 16.1 Å². The van der Waals surface area contributed by atoms with Crippen LogP contribution in [-0.4, -0.2) is 48.0 Å². The molecule has 1 saturated heterocycles. The molecule has 0 bridgehead atoms. The molecule has 1 aliphatic heterocycles. The minimum absolute atomic E-state index is 0. The third-order valence-electron chi connectivity index (χ3n) is 5.79. The maximum absolute atomic E-state index is 15.5. The molecule has 1 aromatic heterocycles. The highest BCUT2D eigenvalue weighted by molar-refractivity contribution is 5.94. The molecule has 1 saturated carbocycles. The summed E-state index contributed by atoms with van der Waals surface area (Å²) in [6.45, 7) is 0.789. The Morgan fingerprint density at radius 2 is 2.10 bits per heavy atom. The quantitative estimate of drug-likeness (QED) is 0.756. The first-order valence-corrected chi connectivity index (χ1v) is 9.12. The van der Waals surface area contributed by atoms with Gasteiger partial charge in [0.2, 0.25) is 5.43 Å². The second-order valence-electron chi connectivity index (χ2n) is 7.50. The summed E-state index contributed by atoms with van der Waals surface area (Å²) < 4.78 is 37.4. The number of pyridine rings is 1. The van der Waals surface area contributed by atoms with E-state index >= 15 is 4.39 Å². The number of aromatic nitrogens is 1. The van der Waals surface area contributed by atoms with E-state index in [4.69, 9.17) is 10.5 Å². The molecule has 2 aromatic rings. The van der Waals surface area contributed by atoms with E-state index in [1.807, 2.05) is 0 Å². The van der Waals surface area contributed by atoms with Crippen molar-refractivity contribution in [3.63, 3.8) is 0 Å². The van der Waals surface area contributed by atoms with E-state index in [-0.39, 0.29) is 48.1 Å². The summed E-state index contributed by atoms with van der Waals surface area (Å²) >= 11 is 0. The highest BCUT2D eigenvalue weighted by atomic mass is 35.5. The summed E-state index contributed by atoms with van der Waals surface area (Å²) in [7, 11) is 1.52. The van der Waals surface area contributed by atoms with Crippen LogP contribution in [0.1, 0.15) is 35.7 Å². The smallest absolute Gasteiger partial charge is 0.341 e. The Morgan fingerprint density at radius 3 is 2.62 bits per heavy atom. The molecule has 0 amide bonds. The van der Waals surface area contributed by atoms with E-state index in [2.05, 4.69) is 0 Å². The monoisotopic (exact) mass is 429 g/mol. The van der Waals surface area contributed by atoms with Gasteiger partial charge in [0, 0.05) is 39.0 Å². The molecule has 2 aliphatic rings. The number of ether oxygens (including phenoxy) is 1. The molecule has 4 rings (SSSR count). The largest absolute Gasteiger partial charge is 0.477 e. The predicted molar refractivity (Wildman–Crippen MR) is 106 cm³/mol. The van der Waals surface area contributed by atoms with Crippen molar-refractivity contribution in [1.29, 1.82) is 0 Å². The third kappa shape index (κ3) is 3.37. The number of carbonyl (C=O) groups is 1. The van der Waals surface area contributed by atoms with Crippen molar-refractivity contribution < 1.29 is 23.4 Å². The molecular weight excluding hydrogens is 408 g/mol. The molecule has 1 unspecified atom stereocenters. The van der Waals surface area contributed by atoms with E-state index < -0.39 is 34.2 Å². The number of anilines is 1. The van der Waals surface area contributed by atoms with Crippen molar-refractivity contribution in [3.05, 3.63) is 39.7 Å². The average Bonchev–Trinajstić information content (AvgIpc) is 3.42. The summed E-state index contributed by atoms with van der Waals surface area (Å²) in [6, 6.07) is 0.839. The van der Waals surface area contributed by atoms with Crippen LogP contribution in [0.5, 0.6) is 0 Å². The van der Waals surface area contributed by atoms with Crippen LogP contribution in [0.15, 0.2) is 17.1 Å². The van der Waals surface area contributed by atoms with Gasteiger partial charge in [-0.2, -0.15) is 0 Å². The fourth-order valence-corrected chi connectivity index (χ4v) is 3.97. The number of nitrogens with two attached hydrogens (primary N) is 1. The molecule has 10 heteroatoms. The van der Waals surface area contributed by atoms with Gasteiger partial charge >= 0.3 is 5.97 Å². The maximum atomic E-state index is 15.5. The fourth-order valence-electron chi connectivity index (χ4n) is 3.97. The molecule has 7 nitrogen and oxygen atoms in total. The zero-order chi connectivity index (χ0) is 20.2. The summed E-state index contributed by atoms with van der Waals surface area (Å²) in [5.41, 5.74) is 3.42. The van der Waals surface area contributed by atoms with Gasteiger partial charge in [0.15, 0.2) is 5.82 Å². The first-order valence-electron chi connectivity index (χ1n) is 9.12. The van der Waals surface area contributed by atoms with Crippen molar-refractivity contribution >= 4 is 35.0 Å². The van der Waals surface area contributed by atoms with Crippen molar-refractivity contribution in [2.24, 2.45) is 5.73 Å². The van der Waals surface area contributed by atoms with Gasteiger partial charge in [0.25, 0.3) is 0 Å². The summed E-state index contributed by atoms with van der Waals surface area (Å²) in [4.78, 5) is 25.5. The molecule has 2 fully saturated rings. The zero-order valence-corrected chi connectivity index (χ0v) is 16.6. The van der Waals surface area contributed by atoms with Crippen LogP contribution >= 0.6 is 12.4 Å². The van der Waals surface area contributed by atoms with Crippen LogP contribution in [0.25, 0.3) is 10.9 Å². The highest BCUT2D eigenvalue weighted by Gasteiger charge is 2.40. The lowest BCUT2D eigenvalue weighted by Gasteiger charge is -2.27. The minimum Gasteiger partial charge on any atom is -0.477 e. The van der Waals surface area contributed by atoms with Gasteiger partial charge in [-0.15, -0.1) is 12.4 Å². The molecule has 0 radical (unpaired) electrons. The van der Waals surface area contributed by atoms with Crippen molar-refractivity contribution in [2.45, 2.75) is 30.9 Å². The normalized spacial score (nSPS) is 21.4. The summed E-state index contributed by atoms with van der Waals surface area (Å²) in [6.07, 6.45) is 3.17. The third-order valence-corrected chi connectivity index (χ3v) is 5.79. The van der Waals surface area contributed by atoms with E-state index in [1.54, 1.807) is 0 Å². The fraction of sp³-hybridized carbons (Fsp3) is 0.474. The molecule has 1 aromatic carbocycles. The number of nitrogens with zero attached hydrogens (tertiary/aromatic N) is 2. The topological polar surface area (TPSA) is 97.8 Å². The Hall–Kier alpha value is -2.23. The standard InChI is InChI=1S/C19H21F2N3O4.ClH/c1-28-19(8-22)4-5-23(9-19)16-13(20)6-11-15(14(16)21)24(10-2-3-10)7-12(17(11)25)18(26)27;/h6-7,10H,2-5,8-9,22H2,1H3,(H,26,27);1H. The molecule has 0 spiro atoms. The number of carboxylic acids is 1. The van der Waals surface area contributed by atoms with E-state index in [0.29, 0.717) is 13.0 Å². The lowest BCUT2D eigenvalue weighted by atomic mass is 10.0. The molecular formula is C19H22ClF2N3O4. The Kier molecular flexibility index (Phi) is 5.59.